The zero-order valence-electron chi connectivity index (χ0n) is 8.38. The predicted molar refractivity (Wildman–Crippen MR) is 60.8 cm³/mol. The molecule has 0 atom stereocenters. The third-order valence-corrected chi connectivity index (χ3v) is 2.89. The lowest BCUT2D eigenvalue weighted by Gasteiger charge is -2.05. The topological polar surface area (TPSA) is 68.0 Å². The molecular formula is C10H8BrN3O2. The second kappa shape index (κ2) is 4.05. The molecule has 5 nitrogen and oxygen atoms in total. The lowest BCUT2D eigenvalue weighted by molar-refractivity contribution is 0.0696. The second-order valence-corrected chi connectivity index (χ2v) is 3.96. The molecule has 82 valence electrons. The minimum atomic E-state index is -1.02. The summed E-state index contributed by atoms with van der Waals surface area (Å²) in [4.78, 5) is 15.0. The van der Waals surface area contributed by atoms with Gasteiger partial charge in [-0.3, -0.25) is 0 Å². The molecule has 0 saturated carbocycles. The maximum atomic E-state index is 10.8. The van der Waals surface area contributed by atoms with Crippen molar-refractivity contribution in [3.8, 4) is 5.82 Å². The number of aryl methyl sites for hydroxylation is 1. The summed E-state index contributed by atoms with van der Waals surface area (Å²) in [6, 6.07) is 3.70. The Kier molecular flexibility index (Phi) is 2.74. The average molecular weight is 282 g/mol. The molecule has 0 spiro atoms. The molecule has 0 unspecified atom stereocenters. The molecule has 6 heteroatoms. The number of nitrogens with zero attached hydrogens (tertiary/aromatic N) is 3. The van der Waals surface area contributed by atoms with Crippen LogP contribution in [0.2, 0.25) is 0 Å². The van der Waals surface area contributed by atoms with Crippen LogP contribution >= 0.6 is 15.9 Å². The number of aromatic carboxylic acids is 1. The molecule has 0 radical (unpaired) electrons. The summed E-state index contributed by atoms with van der Waals surface area (Å²) in [7, 11) is 0. The number of halogens is 1. The van der Waals surface area contributed by atoms with Crippen LogP contribution in [-0.2, 0) is 0 Å². The van der Waals surface area contributed by atoms with Crippen LogP contribution in [0.25, 0.3) is 5.82 Å². The Morgan fingerprint density at radius 1 is 1.56 bits per heavy atom. The number of carboxylic acids is 1. The fourth-order valence-corrected chi connectivity index (χ4v) is 1.86. The number of rotatable bonds is 2. The van der Waals surface area contributed by atoms with Crippen LogP contribution in [0.4, 0.5) is 0 Å². The van der Waals surface area contributed by atoms with Gasteiger partial charge in [0.1, 0.15) is 10.2 Å². The number of aromatic nitrogens is 3. The molecule has 0 aliphatic carbocycles. The smallest absolute Gasteiger partial charge is 0.340 e. The summed E-state index contributed by atoms with van der Waals surface area (Å²) in [6.45, 7) is 1.89. The van der Waals surface area contributed by atoms with Crippen LogP contribution in [0.3, 0.4) is 0 Å². The van der Waals surface area contributed by atoms with Crippen molar-refractivity contribution in [2.45, 2.75) is 6.92 Å². The van der Waals surface area contributed by atoms with Gasteiger partial charge in [0.05, 0.1) is 6.20 Å². The first kappa shape index (κ1) is 10.8. The van der Waals surface area contributed by atoms with Crippen molar-refractivity contribution in [1.29, 1.82) is 0 Å². The first-order chi connectivity index (χ1) is 7.61. The quantitative estimate of drug-likeness (QED) is 0.915. The highest BCUT2D eigenvalue weighted by molar-refractivity contribution is 9.10. The van der Waals surface area contributed by atoms with E-state index in [1.54, 1.807) is 6.20 Å². The Balaban J connectivity index is 2.58. The second-order valence-electron chi connectivity index (χ2n) is 3.21. The fourth-order valence-electron chi connectivity index (χ4n) is 1.32. The van der Waals surface area contributed by atoms with Crippen LogP contribution in [0.15, 0.2) is 29.1 Å². The molecular weight excluding hydrogens is 274 g/mol. The molecule has 0 bridgehead atoms. The van der Waals surface area contributed by atoms with Gasteiger partial charge >= 0.3 is 5.97 Å². The Morgan fingerprint density at radius 2 is 2.31 bits per heavy atom. The van der Waals surface area contributed by atoms with Crippen molar-refractivity contribution in [2.24, 2.45) is 0 Å². The van der Waals surface area contributed by atoms with Crippen molar-refractivity contribution in [2.75, 3.05) is 0 Å². The van der Waals surface area contributed by atoms with Crippen molar-refractivity contribution >= 4 is 21.9 Å². The summed E-state index contributed by atoms with van der Waals surface area (Å²) in [6.07, 6.45) is 2.93. The van der Waals surface area contributed by atoms with Gasteiger partial charge in [-0.2, -0.15) is 5.10 Å². The molecule has 2 heterocycles. The SMILES string of the molecule is Cc1cccnc1-n1ncc(C(=O)O)c1Br. The molecule has 2 rings (SSSR count). The van der Waals surface area contributed by atoms with Crippen LogP contribution in [-0.4, -0.2) is 25.8 Å². The van der Waals surface area contributed by atoms with Crippen molar-refractivity contribution in [3.05, 3.63) is 40.3 Å². The molecule has 0 saturated heterocycles. The van der Waals surface area contributed by atoms with Gasteiger partial charge in [-0.1, -0.05) is 6.07 Å². The highest BCUT2D eigenvalue weighted by Crippen LogP contribution is 2.21. The van der Waals surface area contributed by atoms with Crippen molar-refractivity contribution < 1.29 is 9.90 Å². The minimum absolute atomic E-state index is 0.116. The summed E-state index contributed by atoms with van der Waals surface area (Å²) in [5, 5.41) is 12.9. The first-order valence-electron chi connectivity index (χ1n) is 4.50. The van der Waals surface area contributed by atoms with Crippen LogP contribution < -0.4 is 0 Å². The van der Waals surface area contributed by atoms with E-state index in [1.807, 2.05) is 19.1 Å². The van der Waals surface area contributed by atoms with E-state index in [0.29, 0.717) is 10.4 Å². The molecule has 0 amide bonds. The molecule has 16 heavy (non-hydrogen) atoms. The van der Waals surface area contributed by atoms with E-state index in [-0.39, 0.29) is 5.56 Å². The maximum absolute atomic E-state index is 10.8. The van der Waals surface area contributed by atoms with Gasteiger partial charge in [-0.05, 0) is 34.5 Å². The van der Waals surface area contributed by atoms with E-state index in [1.165, 1.54) is 10.9 Å². The van der Waals surface area contributed by atoms with E-state index in [0.717, 1.165) is 5.56 Å². The number of carbonyl (C=O) groups is 1. The number of hydrogen-bond acceptors (Lipinski definition) is 3. The van der Waals surface area contributed by atoms with Crippen molar-refractivity contribution in [3.63, 3.8) is 0 Å². The number of carboxylic acid groups (broad SMARTS) is 1. The van der Waals surface area contributed by atoms with Gasteiger partial charge in [0.2, 0.25) is 0 Å². The largest absolute Gasteiger partial charge is 0.478 e. The van der Waals surface area contributed by atoms with Gasteiger partial charge in [0.15, 0.2) is 5.82 Å². The lowest BCUT2D eigenvalue weighted by atomic mass is 10.3. The predicted octanol–water partition coefficient (Wildman–Crippen LogP) is 2.04. The third-order valence-electron chi connectivity index (χ3n) is 2.12. The average Bonchev–Trinajstić information content (AvgIpc) is 2.61. The maximum Gasteiger partial charge on any atom is 0.340 e. The summed E-state index contributed by atoms with van der Waals surface area (Å²) >= 11 is 3.20. The Labute approximate surface area is 99.9 Å². The summed E-state index contributed by atoms with van der Waals surface area (Å²) < 4.78 is 1.85. The lowest BCUT2D eigenvalue weighted by Crippen LogP contribution is -2.03. The fraction of sp³-hybridized carbons (Fsp3) is 0.100. The molecule has 1 N–H and O–H groups in total. The normalized spacial score (nSPS) is 10.4. The van der Waals surface area contributed by atoms with Gasteiger partial charge in [-0.25, -0.2) is 14.5 Å². The van der Waals surface area contributed by atoms with Gasteiger partial charge in [0, 0.05) is 6.20 Å². The van der Waals surface area contributed by atoms with E-state index in [2.05, 4.69) is 26.0 Å². The van der Waals surface area contributed by atoms with Crippen molar-refractivity contribution in [1.82, 2.24) is 14.8 Å². The summed E-state index contributed by atoms with van der Waals surface area (Å²) in [5.41, 5.74) is 1.04. The first-order valence-corrected chi connectivity index (χ1v) is 5.29. The van der Waals surface area contributed by atoms with Gasteiger partial charge in [-0.15, -0.1) is 0 Å². The van der Waals surface area contributed by atoms with E-state index in [4.69, 9.17) is 5.11 Å². The van der Waals surface area contributed by atoms with Gasteiger partial charge < -0.3 is 5.11 Å². The molecule has 0 fully saturated rings. The molecule has 0 aliphatic rings. The highest BCUT2D eigenvalue weighted by atomic mass is 79.9. The zero-order chi connectivity index (χ0) is 11.7. The van der Waals surface area contributed by atoms with Crippen LogP contribution in [0.1, 0.15) is 15.9 Å². The minimum Gasteiger partial charge on any atom is -0.478 e. The van der Waals surface area contributed by atoms with E-state index in [9.17, 15) is 4.79 Å². The Hall–Kier alpha value is -1.69. The standard InChI is InChI=1S/C10H8BrN3O2/c1-6-3-2-4-12-9(6)14-8(11)7(5-13-14)10(15)16/h2-5H,1H3,(H,15,16). The van der Waals surface area contributed by atoms with Gasteiger partial charge in [0.25, 0.3) is 0 Å². The summed E-state index contributed by atoms with van der Waals surface area (Å²) in [5.74, 6) is -0.409. The number of pyridine rings is 1. The molecule has 0 aromatic carbocycles. The molecule has 2 aromatic rings. The Bertz CT molecular complexity index is 551. The van der Waals surface area contributed by atoms with Crippen LogP contribution in [0.5, 0.6) is 0 Å². The molecule has 0 aliphatic heterocycles. The van der Waals surface area contributed by atoms with Crippen LogP contribution in [0, 0.1) is 6.92 Å². The monoisotopic (exact) mass is 281 g/mol. The van der Waals surface area contributed by atoms with E-state index >= 15 is 0 Å². The third kappa shape index (κ3) is 1.71. The highest BCUT2D eigenvalue weighted by Gasteiger charge is 2.16. The zero-order valence-corrected chi connectivity index (χ0v) is 9.97. The Morgan fingerprint density at radius 3 is 2.88 bits per heavy atom. The van der Waals surface area contributed by atoms with E-state index < -0.39 is 5.97 Å². The molecule has 2 aromatic heterocycles. The number of hydrogen-bond donors (Lipinski definition) is 1.